The van der Waals surface area contributed by atoms with Gasteiger partial charge in [-0.1, -0.05) is 42.0 Å². The van der Waals surface area contributed by atoms with Crippen LogP contribution in [0.5, 0.6) is 0 Å². The molecule has 0 spiro atoms. The van der Waals surface area contributed by atoms with Crippen LogP contribution in [0.15, 0.2) is 53.1 Å². The SMILES string of the molecule is C1=CC2=C(C1)CC1=C2Cc2ccccc21. The Bertz CT molecular complexity index is 553. The van der Waals surface area contributed by atoms with Crippen molar-refractivity contribution in [2.24, 2.45) is 0 Å². The lowest BCUT2D eigenvalue weighted by atomic mass is 10.0. The summed E-state index contributed by atoms with van der Waals surface area (Å²) in [5, 5.41) is 0. The van der Waals surface area contributed by atoms with Gasteiger partial charge in [0.05, 0.1) is 0 Å². The molecule has 0 N–H and O–H groups in total. The third kappa shape index (κ3) is 0.872. The minimum atomic E-state index is 1.16. The summed E-state index contributed by atoms with van der Waals surface area (Å²) in [5.41, 5.74) is 9.46. The molecule has 0 aromatic heterocycles. The first-order valence-electron chi connectivity index (χ1n) is 5.63. The van der Waals surface area contributed by atoms with Crippen molar-refractivity contribution < 1.29 is 0 Å². The van der Waals surface area contributed by atoms with E-state index < -0.39 is 0 Å². The van der Waals surface area contributed by atoms with Gasteiger partial charge in [-0.15, -0.1) is 0 Å². The number of fused-ring (bicyclic) bond motifs is 3. The molecular formula is C15H12. The van der Waals surface area contributed by atoms with Gasteiger partial charge in [0.2, 0.25) is 0 Å². The van der Waals surface area contributed by atoms with E-state index in [1.165, 1.54) is 24.0 Å². The van der Waals surface area contributed by atoms with E-state index in [9.17, 15) is 0 Å². The topological polar surface area (TPSA) is 0 Å². The van der Waals surface area contributed by atoms with Gasteiger partial charge in [0.1, 0.15) is 0 Å². The highest BCUT2D eigenvalue weighted by Crippen LogP contribution is 2.48. The van der Waals surface area contributed by atoms with Crippen molar-refractivity contribution in [1.29, 1.82) is 0 Å². The molecule has 0 heterocycles. The summed E-state index contributed by atoms with van der Waals surface area (Å²) in [7, 11) is 0. The molecule has 1 aromatic carbocycles. The maximum absolute atomic E-state index is 2.32. The van der Waals surface area contributed by atoms with Crippen LogP contribution in [0, 0.1) is 0 Å². The van der Waals surface area contributed by atoms with E-state index in [-0.39, 0.29) is 0 Å². The van der Waals surface area contributed by atoms with Crippen molar-refractivity contribution in [3.05, 3.63) is 64.3 Å². The lowest BCUT2D eigenvalue weighted by Gasteiger charge is -2.04. The van der Waals surface area contributed by atoms with E-state index in [0.29, 0.717) is 0 Å². The second-order valence-electron chi connectivity index (χ2n) is 4.59. The minimum absolute atomic E-state index is 1.16. The van der Waals surface area contributed by atoms with Gasteiger partial charge in [-0.3, -0.25) is 0 Å². The Morgan fingerprint density at radius 1 is 0.933 bits per heavy atom. The molecule has 0 unspecified atom stereocenters. The van der Waals surface area contributed by atoms with Crippen LogP contribution >= 0.6 is 0 Å². The van der Waals surface area contributed by atoms with Gasteiger partial charge in [-0.05, 0) is 47.1 Å². The van der Waals surface area contributed by atoms with Crippen LogP contribution in [0.4, 0.5) is 0 Å². The summed E-state index contributed by atoms with van der Waals surface area (Å²) in [5.74, 6) is 0. The van der Waals surface area contributed by atoms with E-state index in [4.69, 9.17) is 0 Å². The number of hydrogen-bond donors (Lipinski definition) is 0. The minimum Gasteiger partial charge on any atom is -0.0798 e. The lowest BCUT2D eigenvalue weighted by Crippen LogP contribution is -1.88. The molecule has 0 heteroatoms. The van der Waals surface area contributed by atoms with Gasteiger partial charge < -0.3 is 0 Å². The molecule has 0 bridgehead atoms. The molecule has 0 radical (unpaired) electrons. The molecule has 72 valence electrons. The monoisotopic (exact) mass is 192 g/mol. The van der Waals surface area contributed by atoms with E-state index in [1.807, 2.05) is 0 Å². The number of allylic oxidation sites excluding steroid dienone is 6. The Morgan fingerprint density at radius 3 is 2.87 bits per heavy atom. The molecule has 0 nitrogen and oxygen atoms in total. The second-order valence-corrected chi connectivity index (χ2v) is 4.59. The van der Waals surface area contributed by atoms with Gasteiger partial charge >= 0.3 is 0 Å². The van der Waals surface area contributed by atoms with Crippen LogP contribution in [0.1, 0.15) is 24.0 Å². The maximum atomic E-state index is 2.32. The number of rotatable bonds is 0. The third-order valence-electron chi connectivity index (χ3n) is 3.82. The summed E-state index contributed by atoms with van der Waals surface area (Å²) >= 11 is 0. The Hall–Kier alpha value is -1.56. The van der Waals surface area contributed by atoms with Crippen LogP contribution < -0.4 is 0 Å². The van der Waals surface area contributed by atoms with Crippen LogP contribution in [-0.2, 0) is 6.42 Å². The first-order valence-corrected chi connectivity index (χ1v) is 5.63. The summed E-state index contributed by atoms with van der Waals surface area (Å²) in [4.78, 5) is 0. The molecule has 3 aliphatic carbocycles. The van der Waals surface area contributed by atoms with Gasteiger partial charge in [0.25, 0.3) is 0 Å². The zero-order valence-corrected chi connectivity index (χ0v) is 8.59. The molecule has 4 rings (SSSR count). The van der Waals surface area contributed by atoms with Crippen LogP contribution in [0.3, 0.4) is 0 Å². The Kier molecular flexibility index (Phi) is 1.29. The average molecular weight is 192 g/mol. The van der Waals surface area contributed by atoms with Crippen molar-refractivity contribution in [2.45, 2.75) is 19.3 Å². The van der Waals surface area contributed by atoms with Crippen LogP contribution in [0.2, 0.25) is 0 Å². The summed E-state index contributed by atoms with van der Waals surface area (Å²) in [6.45, 7) is 0. The summed E-state index contributed by atoms with van der Waals surface area (Å²) < 4.78 is 0. The second kappa shape index (κ2) is 2.52. The normalized spacial score (nSPS) is 21.1. The molecule has 0 atom stereocenters. The van der Waals surface area contributed by atoms with Crippen LogP contribution in [-0.4, -0.2) is 0 Å². The predicted molar refractivity (Wildman–Crippen MR) is 62.5 cm³/mol. The highest BCUT2D eigenvalue weighted by Gasteiger charge is 2.30. The Labute approximate surface area is 89.6 Å². The molecule has 1 aromatic rings. The van der Waals surface area contributed by atoms with E-state index in [1.54, 1.807) is 22.3 Å². The highest BCUT2D eigenvalue weighted by molar-refractivity contribution is 5.86. The van der Waals surface area contributed by atoms with Crippen molar-refractivity contribution in [3.8, 4) is 0 Å². The summed E-state index contributed by atoms with van der Waals surface area (Å²) in [6.07, 6.45) is 8.18. The van der Waals surface area contributed by atoms with Crippen molar-refractivity contribution in [3.63, 3.8) is 0 Å². The Morgan fingerprint density at radius 2 is 1.87 bits per heavy atom. The fourth-order valence-electron chi connectivity index (χ4n) is 3.13. The molecule has 0 saturated carbocycles. The molecular weight excluding hydrogens is 180 g/mol. The smallest absolute Gasteiger partial charge is 0.00107 e. The first kappa shape index (κ1) is 7.70. The fourth-order valence-corrected chi connectivity index (χ4v) is 3.13. The van der Waals surface area contributed by atoms with Crippen molar-refractivity contribution in [2.75, 3.05) is 0 Å². The van der Waals surface area contributed by atoms with Crippen molar-refractivity contribution >= 4 is 5.57 Å². The molecule has 0 amide bonds. The predicted octanol–water partition coefficient (Wildman–Crippen LogP) is 3.66. The maximum Gasteiger partial charge on any atom is -0.00107 e. The molecule has 3 aliphatic rings. The lowest BCUT2D eigenvalue weighted by molar-refractivity contribution is 1.14. The summed E-state index contributed by atoms with van der Waals surface area (Å²) in [6, 6.07) is 8.87. The number of benzene rings is 1. The Balaban J connectivity index is 1.90. The average Bonchev–Trinajstić information content (AvgIpc) is 2.87. The van der Waals surface area contributed by atoms with Crippen LogP contribution in [0.25, 0.3) is 5.57 Å². The molecule has 0 saturated heterocycles. The fraction of sp³-hybridized carbons (Fsp3) is 0.200. The zero-order chi connectivity index (χ0) is 9.83. The highest BCUT2D eigenvalue weighted by atomic mass is 14.3. The van der Waals surface area contributed by atoms with E-state index >= 15 is 0 Å². The molecule has 15 heavy (non-hydrogen) atoms. The molecule has 0 aliphatic heterocycles. The quantitative estimate of drug-likeness (QED) is 0.588. The number of hydrogen-bond acceptors (Lipinski definition) is 0. The van der Waals surface area contributed by atoms with Crippen molar-refractivity contribution in [1.82, 2.24) is 0 Å². The van der Waals surface area contributed by atoms with Gasteiger partial charge in [-0.2, -0.15) is 0 Å². The van der Waals surface area contributed by atoms with Gasteiger partial charge in [0.15, 0.2) is 0 Å². The van der Waals surface area contributed by atoms with E-state index in [0.717, 1.165) is 6.42 Å². The third-order valence-corrected chi connectivity index (χ3v) is 3.82. The van der Waals surface area contributed by atoms with Gasteiger partial charge in [-0.25, -0.2) is 0 Å². The van der Waals surface area contributed by atoms with E-state index in [2.05, 4.69) is 36.4 Å². The standard InChI is InChI=1S/C15H12/c1-2-6-12-10(4-1)8-15-13-7-3-5-11(13)9-14(12)15/h1-4,6-7H,5,8-9H2. The first-order chi connectivity index (χ1) is 7.43. The molecule has 0 fully saturated rings. The van der Waals surface area contributed by atoms with Gasteiger partial charge in [0, 0.05) is 0 Å². The zero-order valence-electron chi connectivity index (χ0n) is 8.59. The largest absolute Gasteiger partial charge is 0.0798 e.